The van der Waals surface area contributed by atoms with Gasteiger partial charge in [-0.3, -0.25) is 9.13 Å². The summed E-state index contributed by atoms with van der Waals surface area (Å²) in [6.07, 6.45) is 3.16. The second-order valence-electron chi connectivity index (χ2n) is 8.83. The zero-order chi connectivity index (χ0) is 23.0. The van der Waals surface area contributed by atoms with Crippen LogP contribution in [-0.4, -0.2) is 46.6 Å². The second-order valence-corrected chi connectivity index (χ2v) is 8.83. The fourth-order valence-corrected chi connectivity index (χ4v) is 2.98. The summed E-state index contributed by atoms with van der Waals surface area (Å²) in [4.78, 5) is 21.9. The number of benzene rings is 1. The normalized spacial score (nSPS) is 13.3. The Hall–Kier alpha value is -3.04. The molecule has 0 saturated carbocycles. The maximum Gasteiger partial charge on any atom is 0.333 e. The number of nitrogens with zero attached hydrogens (tertiary/aromatic N) is 4. The smallest absolute Gasteiger partial charge is 0.333 e. The molecule has 0 fully saturated rings. The predicted molar refractivity (Wildman–Crippen MR) is 117 cm³/mol. The number of nitrogens with one attached hydrogen (secondary N) is 1. The van der Waals surface area contributed by atoms with Crippen molar-refractivity contribution in [3.8, 4) is 17.1 Å². The molecule has 166 valence electrons. The number of aliphatic hydroxyl groups is 2. The zero-order valence-electron chi connectivity index (χ0n) is 18.3. The van der Waals surface area contributed by atoms with Crippen LogP contribution in [0.1, 0.15) is 34.6 Å². The molecule has 31 heavy (non-hydrogen) atoms. The number of halogens is 1. The molecule has 3 rings (SSSR count). The Balaban J connectivity index is 2.12. The lowest BCUT2D eigenvalue weighted by Gasteiger charge is -2.26. The van der Waals surface area contributed by atoms with Crippen LogP contribution in [0, 0.1) is 5.82 Å². The largest absolute Gasteiger partial charge is 0.389 e. The van der Waals surface area contributed by atoms with Crippen molar-refractivity contribution in [1.29, 1.82) is 0 Å². The van der Waals surface area contributed by atoms with Crippen LogP contribution in [0.4, 0.5) is 10.3 Å². The van der Waals surface area contributed by atoms with E-state index in [1.807, 2.05) is 6.92 Å². The van der Waals surface area contributed by atoms with E-state index < -0.39 is 17.0 Å². The van der Waals surface area contributed by atoms with Crippen molar-refractivity contribution in [2.75, 3.05) is 5.32 Å². The second kappa shape index (κ2) is 8.24. The summed E-state index contributed by atoms with van der Waals surface area (Å²) in [7, 11) is 0. The summed E-state index contributed by atoms with van der Waals surface area (Å²) in [6.45, 7) is 8.45. The Kier molecular flexibility index (Phi) is 6.02. The summed E-state index contributed by atoms with van der Waals surface area (Å²) < 4.78 is 16.3. The minimum atomic E-state index is -1.11. The van der Waals surface area contributed by atoms with E-state index in [0.29, 0.717) is 23.0 Å². The molecule has 1 aromatic carbocycles. The molecule has 1 atom stereocenters. The number of imidazole rings is 1. The van der Waals surface area contributed by atoms with Crippen molar-refractivity contribution in [2.45, 2.75) is 58.4 Å². The lowest BCUT2D eigenvalue weighted by Crippen LogP contribution is -2.39. The summed E-state index contributed by atoms with van der Waals surface area (Å²) in [5, 5.41) is 23.5. The van der Waals surface area contributed by atoms with Gasteiger partial charge in [-0.25, -0.2) is 19.2 Å². The Labute approximate surface area is 180 Å². The number of hydrogen-bond acceptors (Lipinski definition) is 6. The molecule has 0 bridgehead atoms. The molecule has 0 aliphatic carbocycles. The Morgan fingerprint density at radius 1 is 1.13 bits per heavy atom. The molecule has 3 N–H and O–H groups in total. The number of hydrogen-bond donors (Lipinski definition) is 3. The highest BCUT2D eigenvalue weighted by Crippen LogP contribution is 2.22. The van der Waals surface area contributed by atoms with E-state index in [0.717, 1.165) is 0 Å². The standard InChI is InChI=1S/C22H28FN5O3/c1-14(22(4,5)31)25-19-24-11-10-17(26-19)18-12-27(13-21(2,3)30)20(29)28(18)16-8-6-15(23)7-9-16/h6-12,14,30-31H,13H2,1-5H3,(H,24,25,26). The zero-order valence-corrected chi connectivity index (χ0v) is 18.3. The maximum absolute atomic E-state index is 13.4. The fourth-order valence-electron chi connectivity index (χ4n) is 2.98. The quantitative estimate of drug-likeness (QED) is 0.533. The van der Waals surface area contributed by atoms with Crippen molar-refractivity contribution < 1.29 is 14.6 Å². The van der Waals surface area contributed by atoms with Crippen molar-refractivity contribution in [1.82, 2.24) is 19.1 Å². The lowest BCUT2D eigenvalue weighted by atomic mass is 10.0. The van der Waals surface area contributed by atoms with Gasteiger partial charge in [0, 0.05) is 12.4 Å². The first kappa shape index (κ1) is 22.6. The Morgan fingerprint density at radius 2 is 1.77 bits per heavy atom. The van der Waals surface area contributed by atoms with Gasteiger partial charge in [0.15, 0.2) is 0 Å². The average Bonchev–Trinajstić information content (AvgIpc) is 2.97. The third kappa shape index (κ3) is 5.36. The molecule has 0 spiro atoms. The summed E-state index contributed by atoms with van der Waals surface area (Å²) in [5.74, 6) is -0.121. The van der Waals surface area contributed by atoms with Gasteiger partial charge in [-0.15, -0.1) is 0 Å². The van der Waals surface area contributed by atoms with Gasteiger partial charge >= 0.3 is 5.69 Å². The van der Waals surface area contributed by atoms with Crippen LogP contribution in [0.3, 0.4) is 0 Å². The minimum absolute atomic E-state index is 0.0684. The molecule has 2 heterocycles. The van der Waals surface area contributed by atoms with E-state index in [-0.39, 0.29) is 18.3 Å². The fraction of sp³-hybridized carbons (Fsp3) is 0.409. The minimum Gasteiger partial charge on any atom is -0.389 e. The van der Waals surface area contributed by atoms with E-state index in [9.17, 15) is 19.4 Å². The number of anilines is 1. The predicted octanol–water partition coefficient (Wildman–Crippen LogP) is 2.58. The van der Waals surface area contributed by atoms with Crippen LogP contribution in [0.25, 0.3) is 17.1 Å². The number of rotatable bonds is 7. The van der Waals surface area contributed by atoms with Gasteiger partial charge in [-0.1, -0.05) is 0 Å². The average molecular weight is 429 g/mol. The summed E-state index contributed by atoms with van der Waals surface area (Å²) in [6, 6.07) is 6.88. The molecule has 0 aliphatic rings. The van der Waals surface area contributed by atoms with Crippen LogP contribution in [0.2, 0.25) is 0 Å². The van der Waals surface area contributed by atoms with Crippen molar-refractivity contribution in [3.05, 3.63) is 59.0 Å². The first-order valence-corrected chi connectivity index (χ1v) is 9.98. The molecule has 9 heteroatoms. The lowest BCUT2D eigenvalue weighted by molar-refractivity contribution is 0.0604. The van der Waals surface area contributed by atoms with E-state index in [1.165, 1.54) is 33.4 Å². The molecule has 0 aliphatic heterocycles. The van der Waals surface area contributed by atoms with Gasteiger partial charge in [0.1, 0.15) is 5.82 Å². The molecule has 2 aromatic heterocycles. The van der Waals surface area contributed by atoms with Gasteiger partial charge in [-0.2, -0.15) is 0 Å². The van der Waals surface area contributed by atoms with E-state index in [1.54, 1.807) is 46.2 Å². The molecule has 0 radical (unpaired) electrons. The van der Waals surface area contributed by atoms with Crippen LogP contribution >= 0.6 is 0 Å². The molecule has 0 saturated heterocycles. The van der Waals surface area contributed by atoms with Crippen LogP contribution < -0.4 is 11.0 Å². The molecule has 1 unspecified atom stereocenters. The van der Waals surface area contributed by atoms with Gasteiger partial charge in [0.25, 0.3) is 0 Å². The number of aromatic nitrogens is 4. The monoisotopic (exact) mass is 429 g/mol. The Bertz CT molecular complexity index is 1110. The van der Waals surface area contributed by atoms with E-state index in [4.69, 9.17) is 0 Å². The van der Waals surface area contributed by atoms with Crippen LogP contribution in [-0.2, 0) is 6.54 Å². The first-order chi connectivity index (χ1) is 14.3. The third-order valence-electron chi connectivity index (χ3n) is 4.92. The molecule has 0 amide bonds. The topological polar surface area (TPSA) is 105 Å². The van der Waals surface area contributed by atoms with Gasteiger partial charge in [0.05, 0.1) is 40.9 Å². The van der Waals surface area contributed by atoms with Gasteiger partial charge in [0.2, 0.25) is 5.95 Å². The SMILES string of the molecule is CC(Nc1nccc(-c2cn(CC(C)(C)O)c(=O)n2-c2ccc(F)cc2)n1)C(C)(C)O. The van der Waals surface area contributed by atoms with E-state index >= 15 is 0 Å². The molecule has 3 aromatic rings. The van der Waals surface area contributed by atoms with Crippen LogP contribution in [0.5, 0.6) is 0 Å². The van der Waals surface area contributed by atoms with Crippen molar-refractivity contribution in [2.24, 2.45) is 0 Å². The van der Waals surface area contributed by atoms with Gasteiger partial charge in [-0.05, 0) is 65.0 Å². The van der Waals surface area contributed by atoms with E-state index in [2.05, 4.69) is 15.3 Å². The highest BCUT2D eigenvalue weighted by atomic mass is 19.1. The molecular formula is C22H28FN5O3. The van der Waals surface area contributed by atoms with Crippen LogP contribution in [0.15, 0.2) is 47.5 Å². The van der Waals surface area contributed by atoms with Gasteiger partial charge < -0.3 is 15.5 Å². The maximum atomic E-state index is 13.4. The molecule has 8 nitrogen and oxygen atoms in total. The highest BCUT2D eigenvalue weighted by molar-refractivity contribution is 5.59. The highest BCUT2D eigenvalue weighted by Gasteiger charge is 2.24. The third-order valence-corrected chi connectivity index (χ3v) is 4.92. The van der Waals surface area contributed by atoms with Crippen molar-refractivity contribution in [3.63, 3.8) is 0 Å². The Morgan fingerprint density at radius 3 is 2.35 bits per heavy atom. The summed E-state index contributed by atoms with van der Waals surface area (Å²) in [5.41, 5.74) is -1.11. The molecular weight excluding hydrogens is 401 g/mol. The summed E-state index contributed by atoms with van der Waals surface area (Å²) >= 11 is 0. The van der Waals surface area contributed by atoms with Crippen molar-refractivity contribution >= 4 is 5.95 Å². The first-order valence-electron chi connectivity index (χ1n) is 9.98.